The van der Waals surface area contributed by atoms with E-state index in [0.717, 1.165) is 35.4 Å². The van der Waals surface area contributed by atoms with E-state index >= 15 is 0 Å². The molecule has 0 amide bonds. The van der Waals surface area contributed by atoms with Crippen LogP contribution in [-0.2, 0) is 23.1 Å². The summed E-state index contributed by atoms with van der Waals surface area (Å²) in [5, 5.41) is 4.13. The molecule has 1 aromatic heterocycles. The van der Waals surface area contributed by atoms with Crippen molar-refractivity contribution in [2.45, 2.75) is 24.3 Å². The van der Waals surface area contributed by atoms with Crippen LogP contribution < -0.4 is 9.46 Å². The number of halogens is 3. The Balaban J connectivity index is 1.70. The third-order valence-corrected chi connectivity index (χ3v) is 5.25. The lowest BCUT2D eigenvalue weighted by atomic mass is 10.1. The molecule has 28 heavy (non-hydrogen) atoms. The first-order valence-corrected chi connectivity index (χ1v) is 9.61. The Labute approximate surface area is 159 Å². The van der Waals surface area contributed by atoms with E-state index in [1.165, 1.54) is 0 Å². The van der Waals surface area contributed by atoms with Crippen LogP contribution in [0, 0.1) is 0 Å². The van der Waals surface area contributed by atoms with Crippen molar-refractivity contribution in [2.75, 3.05) is 0 Å². The van der Waals surface area contributed by atoms with E-state index in [-0.39, 0.29) is 11.4 Å². The third kappa shape index (κ3) is 5.33. The average molecular weight is 411 g/mol. The molecule has 0 aliphatic rings. The molecule has 0 aliphatic heterocycles. The van der Waals surface area contributed by atoms with E-state index in [1.54, 1.807) is 35.3 Å². The predicted octanol–water partition coefficient (Wildman–Crippen LogP) is 3.31. The number of hydrogen-bond donors (Lipinski definition) is 1. The van der Waals surface area contributed by atoms with Gasteiger partial charge in [-0.15, -0.1) is 13.2 Å². The molecule has 3 aromatic rings. The van der Waals surface area contributed by atoms with Crippen LogP contribution in [0.1, 0.15) is 11.1 Å². The molecule has 3 rings (SSSR count). The maximum absolute atomic E-state index is 12.4. The maximum atomic E-state index is 12.4. The molecule has 0 unspecified atom stereocenters. The fraction of sp³-hybridized carbons (Fsp3) is 0.167. The highest BCUT2D eigenvalue weighted by molar-refractivity contribution is 7.89. The lowest BCUT2D eigenvalue weighted by molar-refractivity contribution is -0.274. The second kappa shape index (κ2) is 8.03. The Kier molecular flexibility index (Phi) is 5.71. The first kappa shape index (κ1) is 19.9. The molecule has 1 N–H and O–H groups in total. The Hall–Kier alpha value is -2.85. The molecule has 0 aliphatic carbocycles. The van der Waals surface area contributed by atoms with Crippen LogP contribution in [0.5, 0.6) is 5.75 Å². The minimum atomic E-state index is -4.84. The van der Waals surface area contributed by atoms with Gasteiger partial charge in [-0.3, -0.25) is 4.68 Å². The molecule has 0 spiro atoms. The van der Waals surface area contributed by atoms with Crippen molar-refractivity contribution in [3.63, 3.8) is 0 Å². The van der Waals surface area contributed by atoms with Crippen molar-refractivity contribution in [1.82, 2.24) is 14.5 Å². The van der Waals surface area contributed by atoms with Gasteiger partial charge >= 0.3 is 6.36 Å². The van der Waals surface area contributed by atoms with Gasteiger partial charge in [-0.2, -0.15) is 5.10 Å². The van der Waals surface area contributed by atoms with Gasteiger partial charge in [0.15, 0.2) is 0 Å². The predicted molar refractivity (Wildman–Crippen MR) is 94.9 cm³/mol. The number of rotatable bonds is 7. The van der Waals surface area contributed by atoms with Gasteiger partial charge in [0.1, 0.15) is 5.75 Å². The summed E-state index contributed by atoms with van der Waals surface area (Å²) in [7, 11) is -3.91. The SMILES string of the molecule is O=S(=O)(NCc1ccccc1Cn1cccn1)c1ccc(OC(F)(F)F)cc1. The minimum Gasteiger partial charge on any atom is -0.406 e. The first-order chi connectivity index (χ1) is 13.2. The number of ether oxygens (including phenoxy) is 1. The second-order valence-corrected chi connectivity index (χ2v) is 7.58. The molecule has 0 atom stereocenters. The molecular formula is C18H16F3N3O3S. The topological polar surface area (TPSA) is 73.2 Å². The summed E-state index contributed by atoms with van der Waals surface area (Å²) < 4.78 is 69.4. The van der Waals surface area contributed by atoms with Crippen LogP contribution in [0.25, 0.3) is 0 Å². The molecule has 0 bridgehead atoms. The number of sulfonamides is 1. The smallest absolute Gasteiger partial charge is 0.406 e. The van der Waals surface area contributed by atoms with Crippen LogP contribution >= 0.6 is 0 Å². The van der Waals surface area contributed by atoms with Gasteiger partial charge in [-0.1, -0.05) is 24.3 Å². The molecule has 0 radical (unpaired) electrons. The third-order valence-electron chi connectivity index (χ3n) is 3.83. The van der Waals surface area contributed by atoms with Gasteiger partial charge in [0.05, 0.1) is 11.4 Å². The first-order valence-electron chi connectivity index (χ1n) is 8.13. The van der Waals surface area contributed by atoms with Crippen molar-refractivity contribution < 1.29 is 26.3 Å². The zero-order valence-corrected chi connectivity index (χ0v) is 15.2. The molecule has 6 nitrogen and oxygen atoms in total. The highest BCUT2D eigenvalue weighted by Gasteiger charge is 2.31. The quantitative estimate of drug-likeness (QED) is 0.648. The lowest BCUT2D eigenvalue weighted by Crippen LogP contribution is -2.24. The van der Waals surface area contributed by atoms with Gasteiger partial charge in [-0.25, -0.2) is 13.1 Å². The van der Waals surface area contributed by atoms with Crippen LogP contribution in [0.2, 0.25) is 0 Å². The molecule has 0 saturated carbocycles. The molecule has 0 saturated heterocycles. The molecular weight excluding hydrogens is 395 g/mol. The summed E-state index contributed by atoms with van der Waals surface area (Å²) in [6.07, 6.45) is -1.39. The van der Waals surface area contributed by atoms with E-state index in [0.29, 0.717) is 6.54 Å². The summed E-state index contributed by atoms with van der Waals surface area (Å²) in [5.74, 6) is -0.490. The maximum Gasteiger partial charge on any atom is 0.573 e. The molecule has 2 aromatic carbocycles. The Morgan fingerprint density at radius 3 is 2.29 bits per heavy atom. The number of benzene rings is 2. The summed E-state index contributed by atoms with van der Waals surface area (Å²) in [4.78, 5) is -0.161. The van der Waals surface area contributed by atoms with Crippen molar-refractivity contribution >= 4 is 10.0 Å². The second-order valence-electron chi connectivity index (χ2n) is 5.82. The van der Waals surface area contributed by atoms with E-state index in [9.17, 15) is 21.6 Å². The zero-order chi connectivity index (χ0) is 20.2. The van der Waals surface area contributed by atoms with Crippen LogP contribution in [-0.4, -0.2) is 24.6 Å². The van der Waals surface area contributed by atoms with E-state index < -0.39 is 22.1 Å². The van der Waals surface area contributed by atoms with E-state index in [4.69, 9.17) is 0 Å². The average Bonchev–Trinajstić information content (AvgIpc) is 3.13. The van der Waals surface area contributed by atoms with Crippen molar-refractivity contribution in [1.29, 1.82) is 0 Å². The van der Waals surface area contributed by atoms with Crippen LogP contribution in [0.3, 0.4) is 0 Å². The van der Waals surface area contributed by atoms with Gasteiger partial charge < -0.3 is 4.74 Å². The summed E-state index contributed by atoms with van der Waals surface area (Å²) in [5.41, 5.74) is 1.65. The van der Waals surface area contributed by atoms with Crippen molar-refractivity contribution in [2.24, 2.45) is 0 Å². The molecule has 1 heterocycles. The number of alkyl halides is 3. The van der Waals surface area contributed by atoms with Crippen molar-refractivity contribution in [3.05, 3.63) is 78.1 Å². The van der Waals surface area contributed by atoms with Gasteiger partial charge in [-0.05, 0) is 41.5 Å². The summed E-state index contributed by atoms with van der Waals surface area (Å²) in [6.45, 7) is 0.509. The standard InChI is InChI=1S/C18H16F3N3O3S/c19-18(20,21)27-16-6-8-17(9-7-16)28(25,26)23-12-14-4-1-2-5-15(14)13-24-11-3-10-22-24/h1-11,23H,12-13H2. The van der Waals surface area contributed by atoms with Gasteiger partial charge in [0.25, 0.3) is 0 Å². The normalized spacial score (nSPS) is 12.1. The summed E-state index contributed by atoms with van der Waals surface area (Å²) in [6, 6.07) is 13.1. The van der Waals surface area contributed by atoms with E-state index in [1.807, 2.05) is 12.1 Å². The monoisotopic (exact) mass is 411 g/mol. The molecule has 148 valence electrons. The van der Waals surface area contributed by atoms with Gasteiger partial charge in [0.2, 0.25) is 10.0 Å². The van der Waals surface area contributed by atoms with Crippen LogP contribution in [0.4, 0.5) is 13.2 Å². The number of nitrogens with one attached hydrogen (secondary N) is 1. The highest BCUT2D eigenvalue weighted by Crippen LogP contribution is 2.24. The fourth-order valence-corrected chi connectivity index (χ4v) is 3.54. The molecule has 10 heteroatoms. The number of hydrogen-bond acceptors (Lipinski definition) is 4. The Morgan fingerprint density at radius 2 is 1.68 bits per heavy atom. The Morgan fingerprint density at radius 1 is 1.00 bits per heavy atom. The van der Waals surface area contributed by atoms with Gasteiger partial charge in [0, 0.05) is 18.9 Å². The number of nitrogens with zero attached hydrogens (tertiary/aromatic N) is 2. The molecule has 0 fully saturated rings. The Bertz CT molecular complexity index is 1020. The number of aromatic nitrogens is 2. The van der Waals surface area contributed by atoms with Crippen molar-refractivity contribution in [3.8, 4) is 5.75 Å². The highest BCUT2D eigenvalue weighted by atomic mass is 32.2. The largest absolute Gasteiger partial charge is 0.573 e. The van der Waals surface area contributed by atoms with Crippen LogP contribution in [0.15, 0.2) is 71.9 Å². The lowest BCUT2D eigenvalue weighted by Gasteiger charge is -2.12. The fourth-order valence-electron chi connectivity index (χ4n) is 2.53. The minimum absolute atomic E-state index is 0.0284. The zero-order valence-electron chi connectivity index (χ0n) is 14.4. The van der Waals surface area contributed by atoms with E-state index in [2.05, 4.69) is 14.6 Å². The summed E-state index contributed by atoms with van der Waals surface area (Å²) >= 11 is 0.